The Labute approximate surface area is 172 Å². The van der Waals surface area contributed by atoms with Gasteiger partial charge in [-0.15, -0.1) is 6.58 Å². The van der Waals surface area contributed by atoms with E-state index in [1.54, 1.807) is 0 Å². The number of hydrogen-bond donors (Lipinski definition) is 2. The fraction of sp³-hybridized carbons (Fsp3) is 0.375. The molecule has 3 aromatic rings. The Morgan fingerprint density at radius 1 is 1.21 bits per heavy atom. The minimum atomic E-state index is -0.0141. The molecule has 1 aliphatic carbocycles. The number of nitrogens with one attached hydrogen (secondary N) is 2. The van der Waals surface area contributed by atoms with Crippen molar-refractivity contribution in [2.75, 3.05) is 23.8 Å². The van der Waals surface area contributed by atoms with Gasteiger partial charge >= 0.3 is 5.69 Å². The van der Waals surface area contributed by atoms with Crippen molar-refractivity contribution in [3.8, 4) is 0 Å². The predicted molar refractivity (Wildman–Crippen MR) is 122 cm³/mol. The Kier molecular flexibility index (Phi) is 5.74. The third-order valence-electron chi connectivity index (χ3n) is 5.92. The van der Waals surface area contributed by atoms with E-state index in [2.05, 4.69) is 41.0 Å². The van der Waals surface area contributed by atoms with Crippen molar-refractivity contribution in [3.05, 3.63) is 65.6 Å². The summed E-state index contributed by atoms with van der Waals surface area (Å²) < 4.78 is 1.93. The van der Waals surface area contributed by atoms with E-state index >= 15 is 0 Å². The first-order chi connectivity index (χ1) is 14.2. The van der Waals surface area contributed by atoms with Gasteiger partial charge in [-0.2, -0.15) is 0 Å². The third kappa shape index (κ3) is 4.24. The van der Waals surface area contributed by atoms with Gasteiger partial charge in [0, 0.05) is 25.8 Å². The van der Waals surface area contributed by atoms with Crippen molar-refractivity contribution >= 4 is 28.1 Å². The van der Waals surface area contributed by atoms with Gasteiger partial charge < -0.3 is 15.2 Å². The van der Waals surface area contributed by atoms with Crippen LogP contribution in [0.15, 0.2) is 59.9 Å². The lowest BCUT2D eigenvalue weighted by atomic mass is 9.89. The van der Waals surface area contributed by atoms with Gasteiger partial charge in [0.2, 0.25) is 0 Å². The highest BCUT2D eigenvalue weighted by molar-refractivity contribution is 5.90. The molecule has 0 spiro atoms. The molecule has 0 saturated heterocycles. The standard InChI is InChI=1S/C24H30N4O/c1-3-14-27(2)22-16-23-21(15-20(22)25-19-12-8-5-9-13-19)26-24(29)28(23)17-18-10-6-4-7-11-18/h3,5,8-9,12-13,15-16,18,25H,1,4,6-7,10-11,14,17H2,2H3,(H,26,29). The molecule has 0 aliphatic heterocycles. The number of benzene rings is 2. The van der Waals surface area contributed by atoms with E-state index in [0.717, 1.165) is 41.2 Å². The molecule has 0 unspecified atom stereocenters. The Bertz CT molecular complexity index is 1030. The number of hydrogen-bond acceptors (Lipinski definition) is 3. The molecule has 2 aromatic carbocycles. The van der Waals surface area contributed by atoms with Crippen LogP contribution in [0, 0.1) is 5.92 Å². The van der Waals surface area contributed by atoms with Crippen LogP contribution in [-0.4, -0.2) is 23.1 Å². The molecule has 0 bridgehead atoms. The first-order valence-corrected chi connectivity index (χ1v) is 10.6. The number of aromatic nitrogens is 2. The molecule has 0 atom stereocenters. The summed E-state index contributed by atoms with van der Waals surface area (Å²) in [7, 11) is 2.05. The zero-order valence-electron chi connectivity index (χ0n) is 17.2. The normalized spacial score (nSPS) is 14.8. The first kappa shape index (κ1) is 19.4. The quantitative estimate of drug-likeness (QED) is 0.540. The Hall–Kier alpha value is -2.95. The largest absolute Gasteiger partial charge is 0.369 e. The molecule has 1 saturated carbocycles. The van der Waals surface area contributed by atoms with Crippen LogP contribution in [0.1, 0.15) is 32.1 Å². The van der Waals surface area contributed by atoms with Crippen molar-refractivity contribution in [2.45, 2.75) is 38.6 Å². The predicted octanol–water partition coefficient (Wildman–Crippen LogP) is 5.28. The van der Waals surface area contributed by atoms with Gasteiger partial charge in [0.15, 0.2) is 0 Å². The van der Waals surface area contributed by atoms with Gasteiger partial charge in [-0.25, -0.2) is 4.79 Å². The van der Waals surface area contributed by atoms with E-state index in [-0.39, 0.29) is 5.69 Å². The molecular weight excluding hydrogens is 360 g/mol. The molecular formula is C24H30N4O. The molecule has 1 heterocycles. The Morgan fingerprint density at radius 2 is 1.97 bits per heavy atom. The fourth-order valence-electron chi connectivity index (χ4n) is 4.39. The van der Waals surface area contributed by atoms with Gasteiger partial charge in [-0.05, 0) is 43.0 Å². The second-order valence-electron chi connectivity index (χ2n) is 8.09. The van der Waals surface area contributed by atoms with Crippen LogP contribution >= 0.6 is 0 Å². The molecule has 1 aromatic heterocycles. The third-order valence-corrected chi connectivity index (χ3v) is 5.92. The Balaban J connectivity index is 1.75. The van der Waals surface area contributed by atoms with Crippen molar-refractivity contribution in [2.24, 2.45) is 5.92 Å². The molecule has 0 amide bonds. The summed E-state index contributed by atoms with van der Waals surface area (Å²) in [6.07, 6.45) is 8.21. The number of anilines is 3. The minimum Gasteiger partial charge on any atom is -0.369 e. The summed E-state index contributed by atoms with van der Waals surface area (Å²) >= 11 is 0. The molecule has 5 nitrogen and oxygen atoms in total. The topological polar surface area (TPSA) is 53.1 Å². The monoisotopic (exact) mass is 390 g/mol. The van der Waals surface area contributed by atoms with Crippen LogP contribution in [0.4, 0.5) is 17.1 Å². The number of imidazole rings is 1. The van der Waals surface area contributed by atoms with Crippen LogP contribution < -0.4 is 15.9 Å². The van der Waals surface area contributed by atoms with Gasteiger partial charge in [-0.3, -0.25) is 4.57 Å². The zero-order chi connectivity index (χ0) is 20.2. The van der Waals surface area contributed by atoms with Gasteiger partial charge in [0.25, 0.3) is 0 Å². The molecule has 5 heteroatoms. The molecule has 29 heavy (non-hydrogen) atoms. The number of fused-ring (bicyclic) bond motifs is 1. The van der Waals surface area contributed by atoms with E-state index in [9.17, 15) is 4.79 Å². The maximum Gasteiger partial charge on any atom is 0.326 e. The lowest BCUT2D eigenvalue weighted by molar-refractivity contribution is 0.319. The SMILES string of the molecule is C=CCN(C)c1cc2c(cc1Nc1ccccc1)[nH]c(=O)n2CC1CCCCC1. The summed E-state index contributed by atoms with van der Waals surface area (Å²) in [6, 6.07) is 14.3. The van der Waals surface area contributed by atoms with Gasteiger partial charge in [0.05, 0.1) is 22.4 Å². The van der Waals surface area contributed by atoms with Gasteiger partial charge in [-0.1, -0.05) is 43.5 Å². The van der Waals surface area contributed by atoms with E-state index < -0.39 is 0 Å². The smallest absolute Gasteiger partial charge is 0.326 e. The number of nitrogens with zero attached hydrogens (tertiary/aromatic N) is 2. The Morgan fingerprint density at radius 3 is 2.69 bits per heavy atom. The highest BCUT2D eigenvalue weighted by Gasteiger charge is 2.19. The molecule has 2 N–H and O–H groups in total. The van der Waals surface area contributed by atoms with Crippen LogP contribution in [0.25, 0.3) is 11.0 Å². The van der Waals surface area contributed by atoms with Gasteiger partial charge in [0.1, 0.15) is 0 Å². The van der Waals surface area contributed by atoms with E-state index in [1.165, 1.54) is 32.1 Å². The van der Waals surface area contributed by atoms with Crippen molar-refractivity contribution in [3.63, 3.8) is 0 Å². The molecule has 1 aliphatic rings. The summed E-state index contributed by atoms with van der Waals surface area (Å²) in [4.78, 5) is 18.0. The molecule has 4 rings (SSSR count). The van der Waals surface area contributed by atoms with Crippen molar-refractivity contribution in [1.82, 2.24) is 9.55 Å². The summed E-state index contributed by atoms with van der Waals surface area (Å²) in [5.41, 5.74) is 4.88. The van der Waals surface area contributed by atoms with E-state index in [1.807, 2.05) is 41.0 Å². The number of aromatic amines is 1. The number of rotatable bonds is 7. The second-order valence-corrected chi connectivity index (χ2v) is 8.09. The number of H-pyrrole nitrogens is 1. The lowest BCUT2D eigenvalue weighted by Crippen LogP contribution is -2.23. The average molecular weight is 391 g/mol. The minimum absolute atomic E-state index is 0.0141. The highest BCUT2D eigenvalue weighted by atomic mass is 16.1. The van der Waals surface area contributed by atoms with Crippen molar-refractivity contribution < 1.29 is 0 Å². The molecule has 1 fully saturated rings. The maximum absolute atomic E-state index is 12.7. The molecule has 152 valence electrons. The van der Waals surface area contributed by atoms with Crippen LogP contribution in [0.3, 0.4) is 0 Å². The zero-order valence-corrected chi connectivity index (χ0v) is 17.2. The second kappa shape index (κ2) is 8.60. The summed E-state index contributed by atoms with van der Waals surface area (Å²) in [5.74, 6) is 0.594. The van der Waals surface area contributed by atoms with Crippen molar-refractivity contribution in [1.29, 1.82) is 0 Å². The first-order valence-electron chi connectivity index (χ1n) is 10.6. The van der Waals surface area contributed by atoms with Crippen LogP contribution in [-0.2, 0) is 6.54 Å². The maximum atomic E-state index is 12.7. The number of para-hydroxylation sites is 1. The average Bonchev–Trinajstić information content (AvgIpc) is 3.03. The number of likely N-dealkylation sites (N-methyl/N-ethyl adjacent to an activating group) is 1. The highest BCUT2D eigenvalue weighted by Crippen LogP contribution is 2.33. The van der Waals surface area contributed by atoms with E-state index in [4.69, 9.17) is 0 Å². The summed E-state index contributed by atoms with van der Waals surface area (Å²) in [5, 5.41) is 3.51. The fourth-order valence-corrected chi connectivity index (χ4v) is 4.39. The lowest BCUT2D eigenvalue weighted by Gasteiger charge is -2.24. The molecule has 0 radical (unpaired) electrons. The summed E-state index contributed by atoms with van der Waals surface area (Å²) in [6.45, 7) is 5.41. The van der Waals surface area contributed by atoms with E-state index in [0.29, 0.717) is 5.92 Å². The van der Waals surface area contributed by atoms with Crippen LogP contribution in [0.5, 0.6) is 0 Å². The van der Waals surface area contributed by atoms with Crippen LogP contribution in [0.2, 0.25) is 0 Å².